The number of aliphatic hydroxyl groups excluding tert-OH is 1. The molecule has 7 heteroatoms. The van der Waals surface area contributed by atoms with E-state index in [0.29, 0.717) is 32.7 Å². The van der Waals surface area contributed by atoms with Crippen molar-refractivity contribution in [1.29, 1.82) is 0 Å². The lowest BCUT2D eigenvalue weighted by Crippen LogP contribution is -2.44. The zero-order valence-electron chi connectivity index (χ0n) is 19.3. The number of aliphatic hydroxyl groups is 1. The van der Waals surface area contributed by atoms with Crippen molar-refractivity contribution in [1.82, 2.24) is 30.1 Å². The Kier molecular flexibility index (Phi) is 8.90. The van der Waals surface area contributed by atoms with Crippen molar-refractivity contribution in [2.45, 2.75) is 31.8 Å². The van der Waals surface area contributed by atoms with E-state index in [9.17, 15) is 5.11 Å². The minimum atomic E-state index is -0.542. The van der Waals surface area contributed by atoms with Crippen molar-refractivity contribution in [2.24, 2.45) is 0 Å². The van der Waals surface area contributed by atoms with Crippen LogP contribution in [0.5, 0.6) is 0 Å². The van der Waals surface area contributed by atoms with Gasteiger partial charge < -0.3 is 10.4 Å². The standard InChI is InChI=1S/C27H32N6O/c34-27(21-32(17-23-9-1-5-13-28-23)18-24-10-2-6-14-29-24)22-33(19-25-11-3-7-15-30-25)20-26-12-4-8-16-31-26/h1-16,23,27-28,34H,17-22H2. The van der Waals surface area contributed by atoms with E-state index < -0.39 is 6.10 Å². The van der Waals surface area contributed by atoms with Crippen LogP contribution in [-0.4, -0.2) is 61.6 Å². The first-order valence-electron chi connectivity index (χ1n) is 11.7. The van der Waals surface area contributed by atoms with E-state index in [4.69, 9.17) is 0 Å². The summed E-state index contributed by atoms with van der Waals surface area (Å²) >= 11 is 0. The molecule has 0 aromatic carbocycles. The number of allylic oxidation sites excluding steroid dienone is 2. The molecule has 0 spiro atoms. The molecular weight excluding hydrogens is 424 g/mol. The van der Waals surface area contributed by atoms with Crippen molar-refractivity contribution in [3.05, 3.63) is 115 Å². The maximum atomic E-state index is 11.2. The second kappa shape index (κ2) is 12.7. The quantitative estimate of drug-likeness (QED) is 0.434. The Hall–Kier alpha value is -3.39. The third-order valence-electron chi connectivity index (χ3n) is 5.59. The SMILES string of the molecule is OC(CN(Cc1ccccn1)Cc1ccccn1)CN(Cc1ccccn1)CC1C=CC=CN1. The molecule has 0 saturated heterocycles. The zero-order chi connectivity index (χ0) is 23.4. The number of pyridine rings is 3. The van der Waals surface area contributed by atoms with Gasteiger partial charge in [-0.15, -0.1) is 0 Å². The number of nitrogens with zero attached hydrogens (tertiary/aromatic N) is 5. The number of aromatic nitrogens is 3. The maximum absolute atomic E-state index is 11.2. The monoisotopic (exact) mass is 456 g/mol. The van der Waals surface area contributed by atoms with Crippen LogP contribution in [0.15, 0.2) is 97.6 Å². The Labute approximate surface area is 201 Å². The van der Waals surface area contributed by atoms with Gasteiger partial charge >= 0.3 is 0 Å². The van der Waals surface area contributed by atoms with E-state index in [1.807, 2.05) is 73.1 Å². The average molecular weight is 457 g/mol. The predicted octanol–water partition coefficient (Wildman–Crippen LogP) is 2.78. The molecule has 0 radical (unpaired) electrons. The summed E-state index contributed by atoms with van der Waals surface area (Å²) in [4.78, 5) is 17.9. The second-order valence-electron chi connectivity index (χ2n) is 8.50. The molecule has 34 heavy (non-hydrogen) atoms. The molecule has 2 atom stereocenters. The molecule has 4 heterocycles. The van der Waals surface area contributed by atoms with Crippen LogP contribution in [0.3, 0.4) is 0 Å². The molecule has 4 rings (SSSR count). The lowest BCUT2D eigenvalue weighted by molar-refractivity contribution is 0.0630. The van der Waals surface area contributed by atoms with E-state index in [-0.39, 0.29) is 6.04 Å². The van der Waals surface area contributed by atoms with Gasteiger partial charge in [0.05, 0.1) is 29.2 Å². The molecule has 0 saturated carbocycles. The van der Waals surface area contributed by atoms with Gasteiger partial charge in [-0.25, -0.2) is 0 Å². The summed E-state index contributed by atoms with van der Waals surface area (Å²) in [6.45, 7) is 3.79. The van der Waals surface area contributed by atoms with Crippen molar-refractivity contribution in [3.63, 3.8) is 0 Å². The Morgan fingerprint density at radius 3 is 1.74 bits per heavy atom. The van der Waals surface area contributed by atoms with E-state index >= 15 is 0 Å². The van der Waals surface area contributed by atoms with Crippen molar-refractivity contribution in [3.8, 4) is 0 Å². The van der Waals surface area contributed by atoms with Gasteiger partial charge in [0.15, 0.2) is 0 Å². The molecular formula is C27H32N6O. The highest BCUT2D eigenvalue weighted by Gasteiger charge is 2.20. The summed E-state index contributed by atoms with van der Waals surface area (Å²) in [6.07, 6.45) is 13.0. The first kappa shape index (κ1) is 23.8. The van der Waals surface area contributed by atoms with Crippen LogP contribution in [0.1, 0.15) is 17.1 Å². The normalized spacial score (nSPS) is 16.0. The number of nitrogens with one attached hydrogen (secondary N) is 1. The largest absolute Gasteiger partial charge is 0.390 e. The number of dihydropyridines is 1. The molecule has 0 amide bonds. The first-order valence-corrected chi connectivity index (χ1v) is 11.7. The molecule has 176 valence electrons. The summed E-state index contributed by atoms with van der Waals surface area (Å²) < 4.78 is 0. The topological polar surface area (TPSA) is 77.4 Å². The van der Waals surface area contributed by atoms with E-state index in [0.717, 1.165) is 23.6 Å². The highest BCUT2D eigenvalue weighted by atomic mass is 16.3. The summed E-state index contributed by atoms with van der Waals surface area (Å²) in [5, 5.41) is 14.5. The Morgan fingerprint density at radius 2 is 1.26 bits per heavy atom. The van der Waals surface area contributed by atoms with Gasteiger partial charge in [0, 0.05) is 57.9 Å². The Balaban J connectivity index is 1.43. The van der Waals surface area contributed by atoms with E-state index in [1.165, 1.54) is 0 Å². The van der Waals surface area contributed by atoms with E-state index in [1.54, 1.807) is 12.4 Å². The van der Waals surface area contributed by atoms with Gasteiger partial charge in [-0.1, -0.05) is 30.4 Å². The lowest BCUT2D eigenvalue weighted by Gasteiger charge is -2.31. The lowest BCUT2D eigenvalue weighted by atomic mass is 10.1. The molecule has 1 aliphatic rings. The minimum Gasteiger partial charge on any atom is -0.390 e. The third kappa shape index (κ3) is 7.88. The Morgan fingerprint density at radius 1 is 0.735 bits per heavy atom. The highest BCUT2D eigenvalue weighted by Crippen LogP contribution is 2.11. The van der Waals surface area contributed by atoms with Crippen molar-refractivity contribution >= 4 is 0 Å². The smallest absolute Gasteiger partial charge is 0.0794 e. The highest BCUT2D eigenvalue weighted by molar-refractivity contribution is 5.13. The third-order valence-corrected chi connectivity index (χ3v) is 5.59. The van der Waals surface area contributed by atoms with Gasteiger partial charge in [-0.05, 0) is 48.7 Å². The van der Waals surface area contributed by atoms with Crippen LogP contribution in [0.4, 0.5) is 0 Å². The van der Waals surface area contributed by atoms with Crippen molar-refractivity contribution in [2.75, 3.05) is 19.6 Å². The van der Waals surface area contributed by atoms with Gasteiger partial charge in [0.25, 0.3) is 0 Å². The summed E-state index contributed by atoms with van der Waals surface area (Å²) in [5.41, 5.74) is 2.93. The summed E-state index contributed by atoms with van der Waals surface area (Å²) in [7, 11) is 0. The average Bonchev–Trinajstić information content (AvgIpc) is 2.86. The fraction of sp³-hybridized carbons (Fsp3) is 0.296. The summed E-state index contributed by atoms with van der Waals surface area (Å²) in [6, 6.07) is 18.0. The molecule has 3 aromatic heterocycles. The fourth-order valence-electron chi connectivity index (χ4n) is 4.08. The number of rotatable bonds is 12. The van der Waals surface area contributed by atoms with Gasteiger partial charge in [-0.2, -0.15) is 0 Å². The van der Waals surface area contributed by atoms with Gasteiger partial charge in [0.2, 0.25) is 0 Å². The second-order valence-corrected chi connectivity index (χ2v) is 8.50. The van der Waals surface area contributed by atoms with Crippen LogP contribution in [-0.2, 0) is 19.6 Å². The summed E-state index contributed by atoms with van der Waals surface area (Å²) in [5.74, 6) is 0. The van der Waals surface area contributed by atoms with E-state index in [2.05, 4.69) is 42.2 Å². The molecule has 7 nitrogen and oxygen atoms in total. The minimum absolute atomic E-state index is 0.194. The maximum Gasteiger partial charge on any atom is 0.0794 e. The number of hydrogen-bond acceptors (Lipinski definition) is 7. The number of hydrogen-bond donors (Lipinski definition) is 2. The van der Waals surface area contributed by atoms with Crippen LogP contribution in [0.25, 0.3) is 0 Å². The van der Waals surface area contributed by atoms with Crippen LogP contribution in [0, 0.1) is 0 Å². The van der Waals surface area contributed by atoms with Crippen LogP contribution >= 0.6 is 0 Å². The fourth-order valence-corrected chi connectivity index (χ4v) is 4.08. The molecule has 0 bridgehead atoms. The van der Waals surface area contributed by atoms with Crippen molar-refractivity contribution < 1.29 is 5.11 Å². The zero-order valence-corrected chi connectivity index (χ0v) is 19.3. The molecule has 2 N–H and O–H groups in total. The molecule has 0 fully saturated rings. The van der Waals surface area contributed by atoms with Gasteiger partial charge in [0.1, 0.15) is 0 Å². The predicted molar refractivity (Wildman–Crippen MR) is 133 cm³/mol. The molecule has 0 aliphatic carbocycles. The Bertz CT molecular complexity index is 987. The van der Waals surface area contributed by atoms with Crippen LogP contribution < -0.4 is 5.32 Å². The van der Waals surface area contributed by atoms with Gasteiger partial charge in [-0.3, -0.25) is 24.8 Å². The van der Waals surface area contributed by atoms with Crippen LogP contribution in [0.2, 0.25) is 0 Å². The molecule has 1 aliphatic heterocycles. The molecule has 2 unspecified atom stereocenters. The molecule has 3 aromatic rings. The first-order chi connectivity index (χ1) is 16.7.